The summed E-state index contributed by atoms with van der Waals surface area (Å²) in [5.41, 5.74) is 6.03. The molecule has 2 N–H and O–H groups in total. The van der Waals surface area contributed by atoms with Gasteiger partial charge < -0.3 is 15.5 Å². The highest BCUT2D eigenvalue weighted by molar-refractivity contribution is 7.13. The number of piperazine rings is 1. The lowest BCUT2D eigenvalue weighted by atomic mass is 10.2. The number of hydrogen-bond donors (Lipinski definition) is 1. The van der Waals surface area contributed by atoms with Crippen LogP contribution >= 0.6 is 11.3 Å². The van der Waals surface area contributed by atoms with Gasteiger partial charge in [-0.25, -0.2) is 9.97 Å². The molecule has 104 valence electrons. The maximum Gasteiger partial charge on any atom is 0.272 e. The Labute approximate surface area is 120 Å². The zero-order valence-corrected chi connectivity index (χ0v) is 11.7. The van der Waals surface area contributed by atoms with Crippen molar-refractivity contribution in [1.29, 1.82) is 0 Å². The SMILES string of the molecule is Nc1cccc(C(=O)N2CCN(c3nccs3)CC2)n1. The summed E-state index contributed by atoms with van der Waals surface area (Å²) in [5.74, 6) is 0.313. The predicted molar refractivity (Wildman–Crippen MR) is 78.9 cm³/mol. The standard InChI is InChI=1S/C13H15N5OS/c14-11-3-1-2-10(16-11)12(19)17-5-7-18(8-6-17)13-15-4-9-20-13/h1-4,9H,5-8H2,(H2,14,16). The van der Waals surface area contributed by atoms with Crippen molar-refractivity contribution in [1.82, 2.24) is 14.9 Å². The molecule has 0 spiro atoms. The van der Waals surface area contributed by atoms with Gasteiger partial charge in [-0.15, -0.1) is 11.3 Å². The third-order valence-electron chi connectivity index (χ3n) is 3.25. The average Bonchev–Trinajstić information content (AvgIpc) is 3.01. The quantitative estimate of drug-likeness (QED) is 0.895. The lowest BCUT2D eigenvalue weighted by Gasteiger charge is -2.34. The molecule has 0 saturated carbocycles. The number of nitrogens with zero attached hydrogens (tertiary/aromatic N) is 4. The van der Waals surface area contributed by atoms with E-state index in [2.05, 4.69) is 14.9 Å². The topological polar surface area (TPSA) is 75.4 Å². The Hall–Kier alpha value is -2.15. The Balaban J connectivity index is 1.65. The van der Waals surface area contributed by atoms with Crippen LogP contribution in [0.5, 0.6) is 0 Å². The van der Waals surface area contributed by atoms with E-state index < -0.39 is 0 Å². The van der Waals surface area contributed by atoms with Crippen LogP contribution in [0.4, 0.5) is 10.9 Å². The molecule has 0 bridgehead atoms. The lowest BCUT2D eigenvalue weighted by Crippen LogP contribution is -2.49. The van der Waals surface area contributed by atoms with Crippen molar-refractivity contribution in [2.24, 2.45) is 0 Å². The molecule has 1 aliphatic rings. The molecular weight excluding hydrogens is 274 g/mol. The number of pyridine rings is 1. The van der Waals surface area contributed by atoms with Gasteiger partial charge in [0.1, 0.15) is 11.5 Å². The summed E-state index contributed by atoms with van der Waals surface area (Å²) in [6.45, 7) is 2.94. The third kappa shape index (κ3) is 2.57. The van der Waals surface area contributed by atoms with E-state index in [9.17, 15) is 4.79 Å². The summed E-state index contributed by atoms with van der Waals surface area (Å²) in [5, 5.41) is 2.97. The number of thiazole rings is 1. The van der Waals surface area contributed by atoms with Crippen LogP contribution in [0.1, 0.15) is 10.5 Å². The van der Waals surface area contributed by atoms with Gasteiger partial charge in [-0.2, -0.15) is 0 Å². The molecule has 6 nitrogen and oxygen atoms in total. The van der Waals surface area contributed by atoms with Crippen LogP contribution in [0.3, 0.4) is 0 Å². The molecule has 0 radical (unpaired) electrons. The maximum atomic E-state index is 12.3. The van der Waals surface area contributed by atoms with Crippen LogP contribution in [-0.4, -0.2) is 47.0 Å². The maximum absolute atomic E-state index is 12.3. The van der Waals surface area contributed by atoms with Gasteiger partial charge in [0.25, 0.3) is 5.91 Å². The van der Waals surface area contributed by atoms with Gasteiger partial charge in [-0.05, 0) is 12.1 Å². The van der Waals surface area contributed by atoms with Crippen LogP contribution in [0.2, 0.25) is 0 Å². The molecule has 0 atom stereocenters. The van der Waals surface area contributed by atoms with Crippen molar-refractivity contribution >= 4 is 28.2 Å². The molecule has 3 heterocycles. The molecule has 7 heteroatoms. The van der Waals surface area contributed by atoms with E-state index in [4.69, 9.17) is 5.73 Å². The molecule has 1 fully saturated rings. The second kappa shape index (κ2) is 5.46. The van der Waals surface area contributed by atoms with E-state index in [1.165, 1.54) is 0 Å². The van der Waals surface area contributed by atoms with E-state index in [1.54, 1.807) is 35.7 Å². The van der Waals surface area contributed by atoms with Gasteiger partial charge in [0.2, 0.25) is 0 Å². The zero-order valence-electron chi connectivity index (χ0n) is 10.9. The molecule has 3 rings (SSSR count). The van der Waals surface area contributed by atoms with Crippen molar-refractivity contribution in [3.63, 3.8) is 0 Å². The largest absolute Gasteiger partial charge is 0.384 e. The van der Waals surface area contributed by atoms with Crippen molar-refractivity contribution < 1.29 is 4.79 Å². The summed E-state index contributed by atoms with van der Waals surface area (Å²) in [4.78, 5) is 24.7. The number of nitrogen functional groups attached to an aromatic ring is 1. The molecule has 0 unspecified atom stereocenters. The molecule has 0 aliphatic carbocycles. The predicted octanol–water partition coefficient (Wildman–Crippen LogP) is 1.08. The van der Waals surface area contributed by atoms with Crippen LogP contribution < -0.4 is 10.6 Å². The molecule has 2 aromatic heterocycles. The number of aromatic nitrogens is 2. The van der Waals surface area contributed by atoms with Crippen molar-refractivity contribution in [3.05, 3.63) is 35.5 Å². The first-order chi connectivity index (χ1) is 9.74. The Kier molecular flexibility index (Phi) is 3.51. The minimum Gasteiger partial charge on any atom is -0.384 e. The van der Waals surface area contributed by atoms with E-state index >= 15 is 0 Å². The summed E-state index contributed by atoms with van der Waals surface area (Å²) in [6, 6.07) is 5.13. The Bertz CT molecular complexity index is 593. The van der Waals surface area contributed by atoms with Gasteiger partial charge >= 0.3 is 0 Å². The van der Waals surface area contributed by atoms with Gasteiger partial charge in [0.05, 0.1) is 0 Å². The number of amides is 1. The normalized spacial score (nSPS) is 15.4. The fourth-order valence-electron chi connectivity index (χ4n) is 2.21. The summed E-state index contributed by atoms with van der Waals surface area (Å²) < 4.78 is 0. The molecule has 20 heavy (non-hydrogen) atoms. The number of anilines is 2. The summed E-state index contributed by atoms with van der Waals surface area (Å²) >= 11 is 1.62. The van der Waals surface area contributed by atoms with E-state index in [-0.39, 0.29) is 5.91 Å². The fourth-order valence-corrected chi connectivity index (χ4v) is 2.90. The van der Waals surface area contributed by atoms with Gasteiger partial charge in [-0.3, -0.25) is 4.79 Å². The highest BCUT2D eigenvalue weighted by Crippen LogP contribution is 2.19. The second-order valence-corrected chi connectivity index (χ2v) is 5.41. The van der Waals surface area contributed by atoms with E-state index in [0.717, 1.165) is 18.2 Å². The molecule has 1 saturated heterocycles. The molecule has 1 aliphatic heterocycles. The molecule has 2 aromatic rings. The van der Waals surface area contributed by atoms with Crippen molar-refractivity contribution in [3.8, 4) is 0 Å². The average molecular weight is 289 g/mol. The highest BCUT2D eigenvalue weighted by Gasteiger charge is 2.23. The van der Waals surface area contributed by atoms with E-state index in [0.29, 0.717) is 24.6 Å². The molecule has 0 aromatic carbocycles. The number of rotatable bonds is 2. The minimum absolute atomic E-state index is 0.0592. The van der Waals surface area contributed by atoms with Crippen LogP contribution in [0, 0.1) is 0 Å². The first-order valence-corrected chi connectivity index (χ1v) is 7.28. The minimum atomic E-state index is -0.0592. The number of hydrogen-bond acceptors (Lipinski definition) is 6. The number of nitrogens with two attached hydrogens (primary N) is 1. The van der Waals surface area contributed by atoms with Crippen molar-refractivity contribution in [2.75, 3.05) is 36.8 Å². The van der Waals surface area contributed by atoms with Crippen LogP contribution in [0.15, 0.2) is 29.8 Å². The third-order valence-corrected chi connectivity index (χ3v) is 4.08. The number of carbonyl (C=O) groups is 1. The van der Waals surface area contributed by atoms with Gasteiger partial charge in [0, 0.05) is 37.8 Å². The van der Waals surface area contributed by atoms with Crippen LogP contribution in [0.25, 0.3) is 0 Å². The Morgan fingerprint density at radius 3 is 2.70 bits per heavy atom. The summed E-state index contributed by atoms with van der Waals surface area (Å²) in [7, 11) is 0. The first-order valence-electron chi connectivity index (χ1n) is 6.40. The Morgan fingerprint density at radius 1 is 1.25 bits per heavy atom. The zero-order chi connectivity index (χ0) is 13.9. The fraction of sp³-hybridized carbons (Fsp3) is 0.308. The Morgan fingerprint density at radius 2 is 2.05 bits per heavy atom. The van der Waals surface area contributed by atoms with Gasteiger partial charge in [-0.1, -0.05) is 6.07 Å². The van der Waals surface area contributed by atoms with Crippen LogP contribution in [-0.2, 0) is 0 Å². The highest BCUT2D eigenvalue weighted by atomic mass is 32.1. The van der Waals surface area contributed by atoms with Crippen molar-refractivity contribution in [2.45, 2.75) is 0 Å². The second-order valence-electron chi connectivity index (χ2n) is 4.54. The summed E-state index contributed by atoms with van der Waals surface area (Å²) in [6.07, 6.45) is 1.80. The number of carbonyl (C=O) groups excluding carboxylic acids is 1. The lowest BCUT2D eigenvalue weighted by molar-refractivity contribution is 0.0741. The molecular formula is C13H15N5OS. The molecule has 1 amide bonds. The van der Waals surface area contributed by atoms with E-state index in [1.807, 2.05) is 10.3 Å². The smallest absolute Gasteiger partial charge is 0.272 e. The first kappa shape index (κ1) is 12.9. The monoisotopic (exact) mass is 289 g/mol. The van der Waals surface area contributed by atoms with Gasteiger partial charge in [0.15, 0.2) is 5.13 Å².